The molecular formula is C26H30FN3O3. The zero-order valence-corrected chi connectivity index (χ0v) is 19.2. The molecule has 0 bridgehead atoms. The molecule has 1 aromatic heterocycles. The Bertz CT molecular complexity index is 1160. The standard InChI is InChI=1S/C26H30FN3O3/c1-32-21-7-9-24(33-2)18(14-21)15-25(31)29-12-10-20(11-13-29)30-23-8-6-19(27)16-22(23)28-26(30)17-4-3-5-17/h6-9,14,16-17,20H,3-5,10-13,15H2,1-2H3. The summed E-state index contributed by atoms with van der Waals surface area (Å²) in [7, 11) is 3.23. The highest BCUT2D eigenvalue weighted by molar-refractivity contribution is 5.80. The highest BCUT2D eigenvalue weighted by Crippen LogP contribution is 2.40. The summed E-state index contributed by atoms with van der Waals surface area (Å²) in [5.41, 5.74) is 2.57. The molecule has 0 atom stereocenters. The first-order valence-corrected chi connectivity index (χ1v) is 11.7. The van der Waals surface area contributed by atoms with Crippen molar-refractivity contribution in [2.75, 3.05) is 27.3 Å². The Morgan fingerprint density at radius 1 is 1.06 bits per heavy atom. The fourth-order valence-electron chi connectivity index (χ4n) is 5.10. The van der Waals surface area contributed by atoms with Crippen molar-refractivity contribution in [1.29, 1.82) is 0 Å². The molecule has 7 heteroatoms. The van der Waals surface area contributed by atoms with Gasteiger partial charge in [0.25, 0.3) is 0 Å². The van der Waals surface area contributed by atoms with Crippen molar-refractivity contribution in [2.45, 2.75) is 50.5 Å². The van der Waals surface area contributed by atoms with E-state index in [2.05, 4.69) is 4.57 Å². The van der Waals surface area contributed by atoms with Crippen LogP contribution in [0.3, 0.4) is 0 Å². The third kappa shape index (κ3) is 4.16. The molecule has 5 rings (SSSR count). The number of piperidine rings is 1. The largest absolute Gasteiger partial charge is 0.497 e. The molecule has 2 aliphatic rings. The van der Waals surface area contributed by atoms with Gasteiger partial charge in [0.1, 0.15) is 23.1 Å². The number of nitrogens with zero attached hydrogens (tertiary/aromatic N) is 3. The highest BCUT2D eigenvalue weighted by atomic mass is 19.1. The van der Waals surface area contributed by atoms with Crippen molar-refractivity contribution < 1.29 is 18.7 Å². The first-order chi connectivity index (χ1) is 16.1. The van der Waals surface area contributed by atoms with E-state index < -0.39 is 0 Å². The quantitative estimate of drug-likeness (QED) is 0.537. The summed E-state index contributed by atoms with van der Waals surface area (Å²) in [6.45, 7) is 1.39. The Morgan fingerprint density at radius 3 is 2.52 bits per heavy atom. The van der Waals surface area contributed by atoms with Gasteiger partial charge in [-0.15, -0.1) is 0 Å². The zero-order valence-electron chi connectivity index (χ0n) is 19.2. The number of amides is 1. The minimum Gasteiger partial charge on any atom is -0.497 e. The van der Waals surface area contributed by atoms with Crippen LogP contribution in [-0.4, -0.2) is 47.7 Å². The molecule has 1 amide bonds. The van der Waals surface area contributed by atoms with Crippen molar-refractivity contribution in [3.8, 4) is 11.5 Å². The predicted molar refractivity (Wildman–Crippen MR) is 124 cm³/mol. The number of methoxy groups -OCH3 is 2. The van der Waals surface area contributed by atoms with E-state index in [0.29, 0.717) is 30.5 Å². The summed E-state index contributed by atoms with van der Waals surface area (Å²) in [4.78, 5) is 19.9. The van der Waals surface area contributed by atoms with Crippen LogP contribution in [0, 0.1) is 5.82 Å². The molecule has 0 spiro atoms. The van der Waals surface area contributed by atoms with Crippen LogP contribution in [0.2, 0.25) is 0 Å². The van der Waals surface area contributed by atoms with Gasteiger partial charge in [-0.1, -0.05) is 6.42 Å². The summed E-state index contributed by atoms with van der Waals surface area (Å²) in [6.07, 6.45) is 5.53. The van der Waals surface area contributed by atoms with Crippen molar-refractivity contribution in [1.82, 2.24) is 14.5 Å². The number of likely N-dealkylation sites (tertiary alicyclic amines) is 1. The third-order valence-electron chi connectivity index (χ3n) is 7.16. The van der Waals surface area contributed by atoms with E-state index in [-0.39, 0.29) is 24.2 Å². The van der Waals surface area contributed by atoms with Crippen LogP contribution in [-0.2, 0) is 11.2 Å². The lowest BCUT2D eigenvalue weighted by molar-refractivity contribution is -0.131. The molecule has 0 unspecified atom stereocenters. The van der Waals surface area contributed by atoms with Crippen LogP contribution in [0.1, 0.15) is 55.5 Å². The Kier molecular flexibility index (Phi) is 5.96. The van der Waals surface area contributed by atoms with Gasteiger partial charge in [-0.2, -0.15) is 0 Å². The molecule has 2 aromatic carbocycles. The third-order valence-corrected chi connectivity index (χ3v) is 7.16. The average Bonchev–Trinajstić information content (AvgIpc) is 3.15. The number of imidazole rings is 1. The van der Waals surface area contributed by atoms with Gasteiger partial charge in [0, 0.05) is 36.7 Å². The maximum atomic E-state index is 13.8. The second-order valence-corrected chi connectivity index (χ2v) is 9.07. The van der Waals surface area contributed by atoms with Gasteiger partial charge in [-0.3, -0.25) is 4.79 Å². The number of carbonyl (C=O) groups is 1. The smallest absolute Gasteiger partial charge is 0.227 e. The van der Waals surface area contributed by atoms with Gasteiger partial charge < -0.3 is 18.9 Å². The lowest BCUT2D eigenvalue weighted by Crippen LogP contribution is -2.40. The van der Waals surface area contributed by atoms with Gasteiger partial charge in [-0.05, 0) is 56.0 Å². The second kappa shape index (κ2) is 9.04. The number of benzene rings is 2. The minimum atomic E-state index is -0.249. The summed E-state index contributed by atoms with van der Waals surface area (Å²) < 4.78 is 26.9. The average molecular weight is 452 g/mol. The highest BCUT2D eigenvalue weighted by Gasteiger charge is 2.31. The fraction of sp³-hybridized carbons (Fsp3) is 0.462. The van der Waals surface area contributed by atoms with Crippen LogP contribution in [0.15, 0.2) is 36.4 Å². The Balaban J connectivity index is 1.32. The van der Waals surface area contributed by atoms with Crippen LogP contribution in [0.25, 0.3) is 11.0 Å². The van der Waals surface area contributed by atoms with Crippen LogP contribution < -0.4 is 9.47 Å². The van der Waals surface area contributed by atoms with Gasteiger partial charge >= 0.3 is 0 Å². The van der Waals surface area contributed by atoms with Crippen LogP contribution in [0.4, 0.5) is 4.39 Å². The topological polar surface area (TPSA) is 56.6 Å². The van der Waals surface area contributed by atoms with Crippen LogP contribution >= 0.6 is 0 Å². The summed E-state index contributed by atoms with van der Waals surface area (Å²) >= 11 is 0. The molecule has 1 aliphatic carbocycles. The lowest BCUT2D eigenvalue weighted by Gasteiger charge is -2.35. The summed E-state index contributed by atoms with van der Waals surface area (Å²) in [6, 6.07) is 10.7. The van der Waals surface area contributed by atoms with E-state index in [1.807, 2.05) is 29.2 Å². The predicted octanol–water partition coefficient (Wildman–Crippen LogP) is 4.87. The van der Waals surface area contributed by atoms with Crippen molar-refractivity contribution in [3.63, 3.8) is 0 Å². The lowest BCUT2D eigenvalue weighted by atomic mass is 9.84. The Labute approximate surface area is 193 Å². The molecule has 0 radical (unpaired) electrons. The molecule has 2 fully saturated rings. The molecule has 6 nitrogen and oxygen atoms in total. The number of aromatic nitrogens is 2. The zero-order chi connectivity index (χ0) is 22.9. The van der Waals surface area contributed by atoms with Gasteiger partial charge in [-0.25, -0.2) is 9.37 Å². The molecule has 1 saturated carbocycles. The molecule has 2 heterocycles. The number of fused-ring (bicyclic) bond motifs is 1. The van der Waals surface area contributed by atoms with E-state index in [1.165, 1.54) is 18.6 Å². The summed E-state index contributed by atoms with van der Waals surface area (Å²) in [5.74, 6) is 2.80. The molecular weight excluding hydrogens is 421 g/mol. The summed E-state index contributed by atoms with van der Waals surface area (Å²) in [5, 5.41) is 0. The van der Waals surface area contributed by atoms with E-state index in [9.17, 15) is 9.18 Å². The number of rotatable bonds is 6. The first kappa shape index (κ1) is 21.7. The molecule has 1 saturated heterocycles. The fourth-order valence-corrected chi connectivity index (χ4v) is 5.10. The molecule has 174 valence electrons. The second-order valence-electron chi connectivity index (χ2n) is 9.07. The molecule has 33 heavy (non-hydrogen) atoms. The Morgan fingerprint density at radius 2 is 1.85 bits per heavy atom. The van der Waals surface area contributed by atoms with Crippen LogP contribution in [0.5, 0.6) is 11.5 Å². The van der Waals surface area contributed by atoms with Gasteiger partial charge in [0.05, 0.1) is 31.7 Å². The number of hydrogen-bond acceptors (Lipinski definition) is 4. The number of carbonyl (C=O) groups excluding carboxylic acids is 1. The SMILES string of the molecule is COc1ccc(OC)c(CC(=O)N2CCC(n3c(C4CCC4)nc4cc(F)ccc43)CC2)c1. The van der Waals surface area contributed by atoms with Crippen molar-refractivity contribution >= 4 is 16.9 Å². The Hall–Kier alpha value is -3.09. The number of ether oxygens (including phenoxy) is 2. The van der Waals surface area contributed by atoms with E-state index in [1.54, 1.807) is 14.2 Å². The normalized spacial score (nSPS) is 17.2. The van der Waals surface area contributed by atoms with Gasteiger partial charge in [0.15, 0.2) is 0 Å². The molecule has 0 N–H and O–H groups in total. The van der Waals surface area contributed by atoms with E-state index in [0.717, 1.165) is 48.1 Å². The number of halogens is 1. The molecule has 3 aromatic rings. The monoisotopic (exact) mass is 451 g/mol. The van der Waals surface area contributed by atoms with E-state index in [4.69, 9.17) is 14.5 Å². The van der Waals surface area contributed by atoms with Crippen molar-refractivity contribution in [3.05, 3.63) is 53.6 Å². The van der Waals surface area contributed by atoms with E-state index >= 15 is 0 Å². The van der Waals surface area contributed by atoms with Crippen molar-refractivity contribution in [2.24, 2.45) is 0 Å². The maximum absolute atomic E-state index is 13.8. The molecule has 1 aliphatic heterocycles. The van der Waals surface area contributed by atoms with Gasteiger partial charge in [0.2, 0.25) is 5.91 Å². The number of hydrogen-bond donors (Lipinski definition) is 0. The minimum absolute atomic E-state index is 0.0942. The maximum Gasteiger partial charge on any atom is 0.227 e. The first-order valence-electron chi connectivity index (χ1n) is 11.7.